The molecule has 0 aliphatic rings. The first kappa shape index (κ1) is 97.2. The van der Waals surface area contributed by atoms with Gasteiger partial charge >= 0.3 is 39.5 Å². The third kappa shape index (κ3) is 73.5. The van der Waals surface area contributed by atoms with E-state index in [9.17, 15) is 43.2 Å². The van der Waals surface area contributed by atoms with Crippen LogP contribution < -0.4 is 0 Å². The van der Waals surface area contributed by atoms with Gasteiger partial charge in [0.1, 0.15) is 19.3 Å². The number of unbranched alkanes of at least 4 members (excludes halogenated alkanes) is 26. The quantitative estimate of drug-likeness (QED) is 0.0169. The van der Waals surface area contributed by atoms with Gasteiger partial charge in [-0.1, -0.05) is 303 Å². The molecule has 0 rings (SSSR count). The Morgan fingerprint density at radius 3 is 0.873 bits per heavy atom. The number of carbonyl (C=O) groups excluding carboxylic acids is 4. The van der Waals surface area contributed by atoms with Crippen LogP contribution in [0.5, 0.6) is 0 Å². The fourth-order valence-corrected chi connectivity index (χ4v) is 11.8. The summed E-state index contributed by atoms with van der Waals surface area (Å²) in [5, 5.41) is 10.6. The van der Waals surface area contributed by atoms with Crippen molar-refractivity contribution in [2.75, 3.05) is 39.6 Å². The van der Waals surface area contributed by atoms with E-state index in [1.165, 1.54) is 51.4 Å². The molecular weight excluding hydrogens is 1330 g/mol. The summed E-state index contributed by atoms with van der Waals surface area (Å²) in [6, 6.07) is 0. The van der Waals surface area contributed by atoms with Crippen molar-refractivity contribution in [3.63, 3.8) is 0 Å². The molecule has 0 aromatic rings. The first-order valence-corrected chi connectivity index (χ1v) is 42.4. The number of esters is 4. The molecule has 3 N–H and O–H groups in total. The number of hydrogen-bond donors (Lipinski definition) is 3. The van der Waals surface area contributed by atoms with Gasteiger partial charge in [-0.05, 0) is 116 Å². The largest absolute Gasteiger partial charge is 0.472 e. The van der Waals surface area contributed by atoms with Gasteiger partial charge in [-0.3, -0.25) is 37.3 Å². The molecule has 0 aromatic heterocycles. The van der Waals surface area contributed by atoms with E-state index in [1.807, 2.05) is 18.2 Å². The zero-order valence-electron chi connectivity index (χ0n) is 63.7. The predicted molar refractivity (Wildman–Crippen MR) is 418 cm³/mol. The summed E-state index contributed by atoms with van der Waals surface area (Å²) in [7, 11) is -9.99. The van der Waals surface area contributed by atoms with Crippen molar-refractivity contribution in [3.05, 3.63) is 134 Å². The highest BCUT2D eigenvalue weighted by Gasteiger charge is 2.30. The van der Waals surface area contributed by atoms with Crippen molar-refractivity contribution in [1.82, 2.24) is 0 Å². The van der Waals surface area contributed by atoms with E-state index in [0.29, 0.717) is 25.7 Å². The van der Waals surface area contributed by atoms with Crippen LogP contribution in [0.1, 0.15) is 310 Å². The highest BCUT2D eigenvalue weighted by molar-refractivity contribution is 7.47. The molecule has 0 saturated heterocycles. The fourth-order valence-electron chi connectivity index (χ4n) is 10.3. The van der Waals surface area contributed by atoms with Gasteiger partial charge in [-0.15, -0.1) is 0 Å². The second-order valence-electron chi connectivity index (χ2n) is 25.9. The molecule has 0 aromatic carbocycles. The lowest BCUT2D eigenvalue weighted by Crippen LogP contribution is -2.30. The van der Waals surface area contributed by atoms with Crippen molar-refractivity contribution in [3.8, 4) is 0 Å². The second-order valence-corrected chi connectivity index (χ2v) is 28.8. The van der Waals surface area contributed by atoms with E-state index in [4.69, 9.17) is 37.0 Å². The molecule has 19 heteroatoms. The number of hydrogen-bond acceptors (Lipinski definition) is 15. The number of rotatable bonds is 73. The number of carbonyl (C=O) groups is 4. The van der Waals surface area contributed by atoms with E-state index in [2.05, 4.69) is 137 Å². The van der Waals surface area contributed by atoms with Gasteiger partial charge < -0.3 is 33.8 Å². The maximum Gasteiger partial charge on any atom is 0.472 e. The molecule has 102 heavy (non-hydrogen) atoms. The van der Waals surface area contributed by atoms with E-state index in [-0.39, 0.29) is 25.7 Å². The van der Waals surface area contributed by atoms with Crippen LogP contribution in [0, 0.1) is 0 Å². The predicted octanol–water partition coefficient (Wildman–Crippen LogP) is 22.9. The van der Waals surface area contributed by atoms with E-state index < -0.39 is 97.5 Å². The van der Waals surface area contributed by atoms with E-state index in [1.54, 1.807) is 6.08 Å². The van der Waals surface area contributed by atoms with Gasteiger partial charge in [0.15, 0.2) is 12.2 Å². The Balaban J connectivity index is 5.42. The standard InChI is InChI=1S/C83H140O17P2/c1-5-9-13-17-21-25-29-33-36-38-41-45-48-52-56-60-64-68-81(86)94-74-79(100-83(88)70-66-62-58-54-50-46-42-39-37-34-30-26-22-18-14-10-6-2)76-98-102(91,92)96-72-77(84)71-95-101(89,90)97-75-78(99-82(87)69-65-61-57-53-49-43-32-28-24-20-16-12-8-4)73-93-80(85)67-63-59-55-51-47-44-40-35-31-27-23-19-15-11-7-3/h9-11,13-15,21-23,25-27,33-37,40,47,51,59,63,77-79,84H,5-8,12,16-20,24,28-32,38-39,41-46,48-50,52-58,60-62,64-76H2,1-4H3,(H,89,90)(H,91,92)/b13-9-,14-10-,15-11-,25-21-,26-22-,27-23-,36-33-,37-34-,40-35-,51-47-,63-59-. The molecule has 0 bridgehead atoms. The van der Waals surface area contributed by atoms with Gasteiger partial charge in [0, 0.05) is 19.3 Å². The zero-order chi connectivity index (χ0) is 74.6. The van der Waals surface area contributed by atoms with E-state index >= 15 is 0 Å². The summed E-state index contributed by atoms with van der Waals surface area (Å²) in [6.45, 7) is 4.42. The monoisotopic (exact) mass is 1470 g/mol. The lowest BCUT2D eigenvalue weighted by Gasteiger charge is -2.21. The first-order chi connectivity index (χ1) is 49.7. The summed E-state index contributed by atoms with van der Waals surface area (Å²) in [6.07, 6.45) is 83.2. The number of phosphoric acid groups is 2. The summed E-state index contributed by atoms with van der Waals surface area (Å²) in [4.78, 5) is 72.9. The van der Waals surface area contributed by atoms with Crippen molar-refractivity contribution in [2.24, 2.45) is 0 Å². The van der Waals surface area contributed by atoms with Crippen LogP contribution in [-0.4, -0.2) is 96.7 Å². The average molecular weight is 1470 g/mol. The molecular formula is C83H140O17P2. The third-order valence-electron chi connectivity index (χ3n) is 16.2. The summed E-state index contributed by atoms with van der Waals surface area (Å²) >= 11 is 0. The average Bonchev–Trinajstić information content (AvgIpc) is 0.908. The highest BCUT2D eigenvalue weighted by Crippen LogP contribution is 2.45. The van der Waals surface area contributed by atoms with Crippen molar-refractivity contribution < 1.29 is 80.2 Å². The SMILES string of the molecule is CC/C=C\C/C=C\C/C=C\C/C=C\C/C=C\CC(=O)OCC(COP(=O)(O)OCC(O)COP(=O)(O)OCC(COC(=O)CCCCCCCCC/C=C\C/C=C\C/C=C\CC)OC(=O)CCCCCCCCC/C=C\C/C=C\C/C=C\CC)OC(=O)CCCCCCCCCCCCCCC. The molecule has 0 saturated carbocycles. The Hall–Kier alpha value is -4.80. The van der Waals surface area contributed by atoms with Crippen LogP contribution in [-0.2, 0) is 65.4 Å². The normalized spacial score (nSPS) is 14.6. The maximum absolute atomic E-state index is 13.1. The molecule has 5 atom stereocenters. The van der Waals surface area contributed by atoms with Gasteiger partial charge in [-0.2, -0.15) is 0 Å². The highest BCUT2D eigenvalue weighted by atomic mass is 31.2. The van der Waals surface area contributed by atoms with Crippen LogP contribution in [0.2, 0.25) is 0 Å². The van der Waals surface area contributed by atoms with Crippen LogP contribution >= 0.6 is 15.6 Å². The molecule has 584 valence electrons. The summed E-state index contributed by atoms with van der Waals surface area (Å²) in [5.41, 5.74) is 0. The maximum atomic E-state index is 13.1. The molecule has 0 spiro atoms. The van der Waals surface area contributed by atoms with Crippen molar-refractivity contribution in [1.29, 1.82) is 0 Å². The number of aliphatic hydroxyl groups is 1. The van der Waals surface area contributed by atoms with Gasteiger partial charge in [0.05, 0.1) is 32.8 Å². The summed E-state index contributed by atoms with van der Waals surface area (Å²) < 4.78 is 68.5. The molecule has 0 amide bonds. The van der Waals surface area contributed by atoms with Gasteiger partial charge in [0.25, 0.3) is 0 Å². The fraction of sp³-hybridized carbons (Fsp3) is 0.687. The first-order valence-electron chi connectivity index (χ1n) is 39.4. The Morgan fingerprint density at radius 1 is 0.294 bits per heavy atom. The zero-order valence-corrected chi connectivity index (χ0v) is 65.5. The lowest BCUT2D eigenvalue weighted by atomic mass is 10.0. The second kappa shape index (κ2) is 74.5. The third-order valence-corrected chi connectivity index (χ3v) is 18.1. The number of phosphoric ester groups is 2. The molecule has 0 radical (unpaired) electrons. The van der Waals surface area contributed by atoms with Crippen molar-refractivity contribution >= 4 is 39.5 Å². The van der Waals surface area contributed by atoms with E-state index in [0.717, 1.165) is 180 Å². The minimum Gasteiger partial charge on any atom is -0.462 e. The minimum atomic E-state index is -5.00. The van der Waals surface area contributed by atoms with Gasteiger partial charge in [0.2, 0.25) is 0 Å². The Kier molecular flexibility index (Phi) is 71.0. The van der Waals surface area contributed by atoms with Gasteiger partial charge in [-0.25, -0.2) is 9.13 Å². The Morgan fingerprint density at radius 2 is 0.549 bits per heavy atom. The molecule has 17 nitrogen and oxygen atoms in total. The van der Waals surface area contributed by atoms with Crippen LogP contribution in [0.15, 0.2) is 134 Å². The minimum absolute atomic E-state index is 0.0709. The van der Waals surface area contributed by atoms with Crippen LogP contribution in [0.25, 0.3) is 0 Å². The number of aliphatic hydroxyl groups excluding tert-OH is 1. The molecule has 0 fully saturated rings. The Bertz CT molecular complexity index is 2460. The topological polar surface area (TPSA) is 237 Å². The smallest absolute Gasteiger partial charge is 0.462 e. The van der Waals surface area contributed by atoms with Crippen molar-refractivity contribution in [2.45, 2.75) is 329 Å². The molecule has 0 aliphatic heterocycles. The number of allylic oxidation sites excluding steroid dienone is 21. The van der Waals surface area contributed by atoms with Crippen LogP contribution in [0.3, 0.4) is 0 Å². The molecule has 0 heterocycles. The van der Waals surface area contributed by atoms with Crippen LogP contribution in [0.4, 0.5) is 0 Å². The Labute approximate surface area is 618 Å². The lowest BCUT2D eigenvalue weighted by molar-refractivity contribution is -0.161. The molecule has 0 aliphatic carbocycles. The molecule has 5 unspecified atom stereocenters. The number of ether oxygens (including phenoxy) is 4. The summed E-state index contributed by atoms with van der Waals surface area (Å²) in [5.74, 6) is -2.34.